The van der Waals surface area contributed by atoms with E-state index in [1.165, 1.54) is 18.2 Å². The molecule has 5 atom stereocenters. The van der Waals surface area contributed by atoms with Crippen molar-refractivity contribution in [1.29, 1.82) is 0 Å². The van der Waals surface area contributed by atoms with Crippen LogP contribution < -0.4 is 9.64 Å². The molecule has 0 aliphatic carbocycles. The number of fused-ring (bicyclic) bond motifs is 5. The molecule has 4 aromatic rings. The molecule has 45 heavy (non-hydrogen) atoms. The summed E-state index contributed by atoms with van der Waals surface area (Å²) >= 11 is 0. The Hall–Kier alpha value is -3.70. The number of aryl methyl sites for hydroxylation is 1. The second-order valence-electron chi connectivity index (χ2n) is 13.3. The molecule has 2 aromatic carbocycles. The number of phenols is 1. The van der Waals surface area contributed by atoms with Gasteiger partial charge in [-0.3, -0.25) is 9.88 Å². The highest BCUT2D eigenvalue weighted by Crippen LogP contribution is 2.44. The molecular formula is C34H36F3N5O3. The Morgan fingerprint density at radius 1 is 1.11 bits per heavy atom. The van der Waals surface area contributed by atoms with E-state index in [-0.39, 0.29) is 47.2 Å². The summed E-state index contributed by atoms with van der Waals surface area (Å²) in [4.78, 5) is 18.3. The molecule has 0 amide bonds. The molecule has 2 aromatic heterocycles. The molecule has 2 N–H and O–H groups in total. The van der Waals surface area contributed by atoms with Crippen LogP contribution in [0.1, 0.15) is 57.4 Å². The molecule has 8 rings (SSSR count). The van der Waals surface area contributed by atoms with Crippen LogP contribution in [0.2, 0.25) is 0 Å². The Morgan fingerprint density at radius 2 is 1.91 bits per heavy atom. The number of phenolic OH excluding ortho intramolecular Hbond substituents is 1. The van der Waals surface area contributed by atoms with Gasteiger partial charge in [0, 0.05) is 36.8 Å². The minimum atomic E-state index is -0.918. The lowest BCUT2D eigenvalue weighted by molar-refractivity contribution is 0.107. The largest absolute Gasteiger partial charge is 0.508 e. The van der Waals surface area contributed by atoms with E-state index in [1.807, 2.05) is 6.92 Å². The number of benzene rings is 2. The number of piperidine rings is 1. The van der Waals surface area contributed by atoms with Gasteiger partial charge in [0.1, 0.15) is 41.4 Å². The Balaban J connectivity index is 1.29. The third kappa shape index (κ3) is 4.61. The lowest BCUT2D eigenvalue weighted by Crippen LogP contribution is -2.45. The molecule has 236 valence electrons. The van der Waals surface area contributed by atoms with E-state index in [0.29, 0.717) is 59.8 Å². The van der Waals surface area contributed by atoms with Crippen molar-refractivity contribution in [2.24, 2.45) is 0 Å². The normalized spacial score (nSPS) is 28.0. The highest BCUT2D eigenvalue weighted by molar-refractivity contribution is 6.01. The van der Waals surface area contributed by atoms with Gasteiger partial charge in [-0.05, 0) is 86.0 Å². The molecular weight excluding hydrogens is 583 g/mol. The minimum absolute atomic E-state index is 0.00339. The van der Waals surface area contributed by atoms with Crippen LogP contribution >= 0.6 is 0 Å². The summed E-state index contributed by atoms with van der Waals surface area (Å²) in [6.45, 7) is 3.22. The molecule has 4 saturated heterocycles. The summed E-state index contributed by atoms with van der Waals surface area (Å²) in [5, 5.41) is 22.5. The SMILES string of the molecule is CCc1c(F)ccc2cc(O)cc(-c3ncc4c(N5[C@@H]6CC[C@H]5CC(O)C6)nc(OCC56CCCN5C[C@H](F)C6)nc4c3F)c12. The first-order valence-electron chi connectivity index (χ1n) is 16.0. The van der Waals surface area contributed by atoms with Crippen LogP contribution in [0.15, 0.2) is 30.5 Å². The first-order chi connectivity index (χ1) is 21.7. The van der Waals surface area contributed by atoms with Gasteiger partial charge >= 0.3 is 6.01 Å². The topological polar surface area (TPSA) is 94.8 Å². The number of hydrogen-bond donors (Lipinski definition) is 2. The number of aliphatic hydroxyl groups excluding tert-OH is 1. The number of nitrogens with zero attached hydrogens (tertiary/aromatic N) is 5. The number of aromatic nitrogens is 3. The summed E-state index contributed by atoms with van der Waals surface area (Å²) in [6.07, 6.45) is 5.67. The number of ether oxygens (including phenoxy) is 1. The average molecular weight is 620 g/mol. The van der Waals surface area contributed by atoms with Crippen LogP contribution in [-0.2, 0) is 6.42 Å². The molecule has 0 spiro atoms. The third-order valence-electron chi connectivity index (χ3n) is 10.6. The molecule has 4 aliphatic rings. The third-order valence-corrected chi connectivity index (χ3v) is 10.6. The monoisotopic (exact) mass is 619 g/mol. The number of hydrogen-bond acceptors (Lipinski definition) is 8. The molecule has 0 radical (unpaired) electrons. The van der Waals surface area contributed by atoms with Gasteiger partial charge < -0.3 is 19.8 Å². The van der Waals surface area contributed by atoms with Crippen molar-refractivity contribution < 1.29 is 28.1 Å². The van der Waals surface area contributed by atoms with Crippen molar-refractivity contribution in [2.45, 2.75) is 88.2 Å². The highest BCUT2D eigenvalue weighted by atomic mass is 19.1. The minimum Gasteiger partial charge on any atom is -0.508 e. The predicted octanol–water partition coefficient (Wildman–Crippen LogP) is 5.84. The van der Waals surface area contributed by atoms with E-state index in [2.05, 4.69) is 19.8 Å². The number of anilines is 1. The molecule has 0 saturated carbocycles. The van der Waals surface area contributed by atoms with Crippen LogP contribution in [0.4, 0.5) is 19.0 Å². The summed E-state index contributed by atoms with van der Waals surface area (Å²) in [5.41, 5.74) is 0.183. The van der Waals surface area contributed by atoms with E-state index >= 15 is 4.39 Å². The first-order valence-corrected chi connectivity index (χ1v) is 16.0. The number of rotatable bonds is 6. The van der Waals surface area contributed by atoms with Gasteiger partial charge in [-0.25, -0.2) is 13.2 Å². The Kier molecular flexibility index (Phi) is 6.83. The van der Waals surface area contributed by atoms with Gasteiger partial charge in [0.25, 0.3) is 0 Å². The molecule has 11 heteroatoms. The fourth-order valence-electron chi connectivity index (χ4n) is 8.64. The summed E-state index contributed by atoms with van der Waals surface area (Å²) in [7, 11) is 0. The molecule has 4 fully saturated rings. The summed E-state index contributed by atoms with van der Waals surface area (Å²) < 4.78 is 52.5. The standard InChI is InChI=1S/C34H36F3N5O3/c1-2-24-27(36)7-4-18-10-22(43)13-25(28(18)24)30-29(37)31-26(15-38-30)32(42-20-5-6-21(42)12-23(44)11-20)40-33(39-31)45-17-34-8-3-9-41(34)16-19(35)14-34/h4,7,10,13,15,19-21,23,43-44H,2-3,5-6,8-9,11-12,14,16-17H2,1H3/t19-,20-,21+,23?,34?/m1/s1. The maximum Gasteiger partial charge on any atom is 0.319 e. The van der Waals surface area contributed by atoms with Crippen molar-refractivity contribution in [2.75, 3.05) is 24.6 Å². The zero-order valence-corrected chi connectivity index (χ0v) is 25.1. The van der Waals surface area contributed by atoms with Crippen molar-refractivity contribution in [3.05, 3.63) is 47.7 Å². The number of halogens is 3. The Bertz CT molecular complexity index is 1810. The van der Waals surface area contributed by atoms with Crippen LogP contribution in [0.3, 0.4) is 0 Å². The second-order valence-corrected chi connectivity index (χ2v) is 13.3. The van der Waals surface area contributed by atoms with Gasteiger partial charge in [0.15, 0.2) is 5.82 Å². The molecule has 2 unspecified atom stereocenters. The van der Waals surface area contributed by atoms with Crippen LogP contribution in [0.25, 0.3) is 32.9 Å². The van der Waals surface area contributed by atoms with Crippen LogP contribution in [-0.4, -0.2) is 79.7 Å². The lowest BCUT2D eigenvalue weighted by Gasteiger charge is -2.38. The Labute approximate surface area is 258 Å². The molecule has 6 heterocycles. The van der Waals surface area contributed by atoms with Gasteiger partial charge in [0.2, 0.25) is 0 Å². The second kappa shape index (κ2) is 10.7. The van der Waals surface area contributed by atoms with Crippen molar-refractivity contribution in [1.82, 2.24) is 19.9 Å². The van der Waals surface area contributed by atoms with Crippen LogP contribution in [0, 0.1) is 11.6 Å². The van der Waals surface area contributed by atoms with E-state index < -0.39 is 29.4 Å². The van der Waals surface area contributed by atoms with E-state index in [4.69, 9.17) is 9.72 Å². The predicted molar refractivity (Wildman–Crippen MR) is 164 cm³/mol. The Morgan fingerprint density at radius 3 is 2.69 bits per heavy atom. The van der Waals surface area contributed by atoms with Crippen LogP contribution in [0.5, 0.6) is 11.8 Å². The van der Waals surface area contributed by atoms with Crippen molar-refractivity contribution in [3.63, 3.8) is 0 Å². The number of aromatic hydroxyl groups is 1. The first kappa shape index (κ1) is 28.8. The average Bonchev–Trinajstić information content (AvgIpc) is 3.63. The zero-order valence-electron chi connectivity index (χ0n) is 25.1. The van der Waals surface area contributed by atoms with E-state index in [1.54, 1.807) is 12.3 Å². The number of pyridine rings is 1. The fraction of sp³-hybridized carbons (Fsp3) is 0.500. The van der Waals surface area contributed by atoms with E-state index in [9.17, 15) is 19.0 Å². The quantitative estimate of drug-likeness (QED) is 0.278. The lowest BCUT2D eigenvalue weighted by atomic mass is 9.94. The smallest absolute Gasteiger partial charge is 0.319 e. The maximum absolute atomic E-state index is 16.9. The summed E-state index contributed by atoms with van der Waals surface area (Å²) in [6, 6.07) is 5.92. The number of alkyl halides is 1. The maximum atomic E-state index is 16.9. The van der Waals surface area contributed by atoms with Crippen molar-refractivity contribution >= 4 is 27.5 Å². The number of aliphatic hydroxyl groups is 1. The molecule has 2 bridgehead atoms. The van der Waals surface area contributed by atoms with Gasteiger partial charge in [0.05, 0.1) is 17.0 Å². The van der Waals surface area contributed by atoms with Gasteiger partial charge in [-0.15, -0.1) is 0 Å². The van der Waals surface area contributed by atoms with Gasteiger partial charge in [-0.1, -0.05) is 13.0 Å². The van der Waals surface area contributed by atoms with E-state index in [0.717, 1.165) is 32.2 Å². The highest BCUT2D eigenvalue weighted by Gasteiger charge is 2.49. The fourth-order valence-corrected chi connectivity index (χ4v) is 8.64. The van der Waals surface area contributed by atoms with Gasteiger partial charge in [-0.2, -0.15) is 9.97 Å². The van der Waals surface area contributed by atoms with Crippen molar-refractivity contribution in [3.8, 4) is 23.0 Å². The zero-order chi connectivity index (χ0) is 31.0. The molecule has 8 nitrogen and oxygen atoms in total. The molecule has 4 aliphatic heterocycles. The summed E-state index contributed by atoms with van der Waals surface area (Å²) in [5.74, 6) is -0.728.